The predicted octanol–water partition coefficient (Wildman–Crippen LogP) is 5.10. The molecule has 2 aromatic heterocycles. The van der Waals surface area contributed by atoms with Crippen molar-refractivity contribution in [2.45, 2.75) is 63.5 Å². The molecule has 6 rings (SSSR count). The van der Waals surface area contributed by atoms with Crippen molar-refractivity contribution in [2.24, 2.45) is 5.92 Å². The van der Waals surface area contributed by atoms with Gasteiger partial charge >= 0.3 is 0 Å². The molecular formula is C34H37N7O3. The lowest BCUT2D eigenvalue weighted by Crippen LogP contribution is -2.51. The first-order valence-electron chi connectivity index (χ1n) is 15.3. The standard InChI is InChI=1S/C34H37N7O3/c1-35-33(43)32(23-7-3-2-4-8-23)41-31(42)15-22-6-5-9-28(14-22)44-30-13-11-25-16-24(10-12-29(25)30)26-17-38-34(39-18-26)40-27-19-36-21-37-20-27/h5-6,9-10,12,14,16-21,23,30,32H,2-4,7-8,11,13,15H2,1H3,(H,35,43)(H,41,42)(H,38,39,40)/t30-,32+/m0/s1. The number of ether oxygens (including phenoxy) is 1. The maximum Gasteiger partial charge on any atom is 0.242 e. The van der Waals surface area contributed by atoms with Crippen molar-refractivity contribution in [2.75, 3.05) is 12.4 Å². The van der Waals surface area contributed by atoms with Crippen molar-refractivity contribution >= 4 is 23.5 Å². The Labute approximate surface area is 257 Å². The van der Waals surface area contributed by atoms with Gasteiger partial charge in [0.05, 0.1) is 24.5 Å². The zero-order valence-corrected chi connectivity index (χ0v) is 24.8. The Morgan fingerprint density at radius 3 is 2.50 bits per heavy atom. The molecule has 0 unspecified atom stereocenters. The lowest BCUT2D eigenvalue weighted by Gasteiger charge is -2.29. The van der Waals surface area contributed by atoms with Crippen molar-refractivity contribution in [1.82, 2.24) is 30.6 Å². The second kappa shape index (κ2) is 13.6. The van der Waals surface area contributed by atoms with Gasteiger partial charge in [0.15, 0.2) is 0 Å². The van der Waals surface area contributed by atoms with Gasteiger partial charge in [-0.05, 0) is 66.0 Å². The fraction of sp³-hybridized carbons (Fsp3) is 0.353. The molecule has 44 heavy (non-hydrogen) atoms. The molecule has 3 N–H and O–H groups in total. The number of rotatable bonds is 10. The third-order valence-corrected chi connectivity index (χ3v) is 8.48. The number of aryl methyl sites for hydroxylation is 1. The van der Waals surface area contributed by atoms with Crippen LogP contribution >= 0.6 is 0 Å². The van der Waals surface area contributed by atoms with Gasteiger partial charge in [-0.2, -0.15) is 0 Å². The predicted molar refractivity (Wildman–Crippen MR) is 167 cm³/mol. The number of amides is 2. The fourth-order valence-corrected chi connectivity index (χ4v) is 6.24. The minimum atomic E-state index is -0.488. The lowest BCUT2D eigenvalue weighted by molar-refractivity contribution is -0.130. The van der Waals surface area contributed by atoms with E-state index in [0.717, 1.165) is 66.7 Å². The number of hydrogen-bond donors (Lipinski definition) is 3. The van der Waals surface area contributed by atoms with Gasteiger partial charge in [0, 0.05) is 25.0 Å². The molecule has 10 heteroatoms. The van der Waals surface area contributed by atoms with Gasteiger partial charge < -0.3 is 20.7 Å². The molecule has 0 radical (unpaired) electrons. The topological polar surface area (TPSA) is 131 Å². The van der Waals surface area contributed by atoms with Crippen LogP contribution in [0.1, 0.15) is 61.3 Å². The Morgan fingerprint density at radius 2 is 1.73 bits per heavy atom. The molecule has 2 aliphatic carbocycles. The number of likely N-dealkylation sites (N-methyl/N-ethyl adjacent to an activating group) is 1. The van der Waals surface area contributed by atoms with E-state index in [0.29, 0.717) is 5.95 Å². The highest BCUT2D eigenvalue weighted by atomic mass is 16.5. The molecule has 4 aromatic rings. The number of anilines is 2. The van der Waals surface area contributed by atoms with E-state index < -0.39 is 6.04 Å². The first-order valence-corrected chi connectivity index (χ1v) is 15.3. The van der Waals surface area contributed by atoms with Crippen LogP contribution in [-0.2, 0) is 22.4 Å². The molecule has 2 atom stereocenters. The Kier molecular flexibility index (Phi) is 9.05. The summed E-state index contributed by atoms with van der Waals surface area (Å²) in [5, 5.41) is 8.83. The van der Waals surface area contributed by atoms with Crippen LogP contribution in [0.4, 0.5) is 11.6 Å². The summed E-state index contributed by atoms with van der Waals surface area (Å²) in [6.07, 6.45) is 15.6. The van der Waals surface area contributed by atoms with Crippen LogP contribution in [0, 0.1) is 5.92 Å². The van der Waals surface area contributed by atoms with E-state index >= 15 is 0 Å². The van der Waals surface area contributed by atoms with Crippen LogP contribution in [0.3, 0.4) is 0 Å². The summed E-state index contributed by atoms with van der Waals surface area (Å²) in [4.78, 5) is 42.4. The SMILES string of the molecule is CNC(=O)[C@H](NC(=O)Cc1cccc(O[C@H]2CCc3cc(-c4cnc(Nc5cncnc5)nc4)ccc32)c1)C1CCCCC1. The highest BCUT2D eigenvalue weighted by Gasteiger charge is 2.30. The highest BCUT2D eigenvalue weighted by Crippen LogP contribution is 2.37. The fourth-order valence-electron chi connectivity index (χ4n) is 6.24. The first kappa shape index (κ1) is 29.2. The maximum absolute atomic E-state index is 13.0. The van der Waals surface area contributed by atoms with E-state index in [-0.39, 0.29) is 30.3 Å². The van der Waals surface area contributed by atoms with E-state index in [4.69, 9.17) is 4.74 Å². The monoisotopic (exact) mass is 591 g/mol. The molecule has 226 valence electrons. The van der Waals surface area contributed by atoms with Gasteiger partial charge in [0.25, 0.3) is 0 Å². The number of carbonyl (C=O) groups is 2. The zero-order chi connectivity index (χ0) is 30.3. The molecule has 1 fully saturated rings. The number of hydrogen-bond acceptors (Lipinski definition) is 8. The second-order valence-electron chi connectivity index (χ2n) is 11.5. The Hall–Kier alpha value is -4.86. The number of aromatic nitrogens is 4. The molecule has 2 amide bonds. The van der Waals surface area contributed by atoms with Crippen LogP contribution in [0.5, 0.6) is 5.75 Å². The summed E-state index contributed by atoms with van der Waals surface area (Å²) in [7, 11) is 1.63. The molecular weight excluding hydrogens is 554 g/mol. The number of carbonyl (C=O) groups excluding carboxylic acids is 2. The number of benzene rings is 2. The number of fused-ring (bicyclic) bond motifs is 1. The maximum atomic E-state index is 13.0. The van der Waals surface area contributed by atoms with E-state index in [1.165, 1.54) is 23.9 Å². The summed E-state index contributed by atoms with van der Waals surface area (Å²) in [6.45, 7) is 0. The minimum absolute atomic E-state index is 0.0667. The first-order chi connectivity index (χ1) is 21.6. The Morgan fingerprint density at radius 1 is 0.932 bits per heavy atom. The number of nitrogens with zero attached hydrogens (tertiary/aromatic N) is 4. The summed E-state index contributed by atoms with van der Waals surface area (Å²) in [5.74, 6) is 1.12. The van der Waals surface area contributed by atoms with Crippen molar-refractivity contribution in [3.8, 4) is 16.9 Å². The van der Waals surface area contributed by atoms with E-state index in [1.54, 1.807) is 31.8 Å². The van der Waals surface area contributed by atoms with Crippen LogP contribution < -0.4 is 20.7 Å². The van der Waals surface area contributed by atoms with Gasteiger partial charge in [-0.1, -0.05) is 49.6 Å². The zero-order valence-electron chi connectivity index (χ0n) is 24.8. The Balaban J connectivity index is 1.07. The average Bonchev–Trinajstić information content (AvgIpc) is 3.46. The summed E-state index contributed by atoms with van der Waals surface area (Å²) in [5.41, 5.74) is 5.97. The molecule has 2 heterocycles. The smallest absolute Gasteiger partial charge is 0.242 e. The van der Waals surface area contributed by atoms with Crippen LogP contribution in [0.25, 0.3) is 11.1 Å². The van der Waals surface area contributed by atoms with Gasteiger partial charge in [-0.25, -0.2) is 19.9 Å². The third kappa shape index (κ3) is 7.02. The molecule has 0 saturated heterocycles. The Bertz CT molecular complexity index is 1590. The van der Waals surface area contributed by atoms with Crippen molar-refractivity contribution in [3.63, 3.8) is 0 Å². The highest BCUT2D eigenvalue weighted by molar-refractivity contribution is 5.88. The second-order valence-corrected chi connectivity index (χ2v) is 11.5. The average molecular weight is 592 g/mol. The number of nitrogens with one attached hydrogen (secondary N) is 3. The van der Waals surface area contributed by atoms with Gasteiger partial charge in [-0.3, -0.25) is 9.59 Å². The quantitative estimate of drug-likeness (QED) is 0.232. The molecule has 2 aliphatic rings. The molecule has 0 spiro atoms. The third-order valence-electron chi connectivity index (χ3n) is 8.48. The molecule has 1 saturated carbocycles. The van der Waals surface area contributed by atoms with E-state index in [1.807, 2.05) is 24.3 Å². The van der Waals surface area contributed by atoms with Gasteiger partial charge in [0.2, 0.25) is 17.8 Å². The molecule has 0 bridgehead atoms. The van der Waals surface area contributed by atoms with Gasteiger partial charge in [0.1, 0.15) is 24.2 Å². The normalized spacial score (nSPS) is 16.9. The minimum Gasteiger partial charge on any atom is -0.486 e. The summed E-state index contributed by atoms with van der Waals surface area (Å²) >= 11 is 0. The van der Waals surface area contributed by atoms with Crippen molar-refractivity contribution < 1.29 is 14.3 Å². The van der Waals surface area contributed by atoms with Gasteiger partial charge in [-0.15, -0.1) is 0 Å². The van der Waals surface area contributed by atoms with E-state index in [2.05, 4.69) is 54.1 Å². The van der Waals surface area contributed by atoms with Crippen LogP contribution in [0.15, 0.2) is 73.6 Å². The summed E-state index contributed by atoms with van der Waals surface area (Å²) in [6, 6.07) is 13.6. The molecule has 2 aromatic carbocycles. The van der Waals surface area contributed by atoms with Crippen LogP contribution in [0.2, 0.25) is 0 Å². The lowest BCUT2D eigenvalue weighted by atomic mass is 9.83. The van der Waals surface area contributed by atoms with E-state index in [9.17, 15) is 9.59 Å². The molecule has 0 aliphatic heterocycles. The molecule has 10 nitrogen and oxygen atoms in total. The van der Waals surface area contributed by atoms with Crippen molar-refractivity contribution in [3.05, 3.63) is 90.3 Å². The summed E-state index contributed by atoms with van der Waals surface area (Å²) < 4.78 is 6.43. The largest absolute Gasteiger partial charge is 0.486 e. The van der Waals surface area contributed by atoms with Crippen molar-refractivity contribution in [1.29, 1.82) is 0 Å². The van der Waals surface area contributed by atoms with Crippen LogP contribution in [-0.4, -0.2) is 44.8 Å².